The van der Waals surface area contributed by atoms with Crippen LogP contribution in [0.3, 0.4) is 0 Å². The molecule has 0 amide bonds. The number of hydrogen-bond donors (Lipinski definition) is 0. The molecule has 3 nitrogen and oxygen atoms in total. The fourth-order valence-corrected chi connectivity index (χ4v) is 0.736. The molecule has 0 aromatic heterocycles. The van der Waals surface area contributed by atoms with E-state index in [9.17, 15) is 4.79 Å². The van der Waals surface area contributed by atoms with E-state index in [1.807, 2.05) is 6.20 Å². The number of ether oxygens (including phenoxy) is 1. The largest absolute Gasteiger partial charge is 0.463 e. The molecule has 94 valence electrons. The Labute approximate surface area is 100.0 Å². The highest BCUT2D eigenvalue weighted by molar-refractivity contribution is 5.86. The van der Waals surface area contributed by atoms with Crippen LogP contribution in [0.15, 0.2) is 24.9 Å². The van der Waals surface area contributed by atoms with E-state index in [0.29, 0.717) is 12.2 Å². The van der Waals surface area contributed by atoms with Gasteiger partial charge in [0, 0.05) is 5.57 Å². The minimum absolute atomic E-state index is 0.312. The van der Waals surface area contributed by atoms with Gasteiger partial charge in [0.2, 0.25) is 0 Å². The molecular formula is C13H26NO2+. The van der Waals surface area contributed by atoms with Crippen LogP contribution in [0, 0.1) is 0 Å². The maximum Gasteiger partial charge on any atom is 0.333 e. The second-order valence-corrected chi connectivity index (χ2v) is 3.80. The molecule has 0 radical (unpaired) electrons. The summed E-state index contributed by atoms with van der Waals surface area (Å²) in [5.74, 6) is -0.312. The van der Waals surface area contributed by atoms with Gasteiger partial charge in [-0.15, -0.1) is 0 Å². The summed E-state index contributed by atoms with van der Waals surface area (Å²) in [6.45, 7) is 17.6. The maximum atomic E-state index is 10.4. The van der Waals surface area contributed by atoms with Crippen molar-refractivity contribution in [3.05, 3.63) is 24.9 Å². The minimum Gasteiger partial charge on any atom is -0.463 e. The van der Waals surface area contributed by atoms with E-state index < -0.39 is 0 Å². The molecule has 3 heteroatoms. The van der Waals surface area contributed by atoms with E-state index in [1.54, 1.807) is 13.8 Å². The van der Waals surface area contributed by atoms with Gasteiger partial charge in [0.1, 0.15) is 0 Å². The van der Waals surface area contributed by atoms with Crippen LogP contribution in [0.25, 0.3) is 0 Å². The number of quaternary nitrogens is 1. The quantitative estimate of drug-likeness (QED) is 0.411. The molecule has 0 atom stereocenters. The molecule has 0 spiro atoms. The molecule has 16 heavy (non-hydrogen) atoms. The lowest BCUT2D eigenvalue weighted by atomic mass is 10.4. The van der Waals surface area contributed by atoms with Crippen molar-refractivity contribution in [3.63, 3.8) is 0 Å². The topological polar surface area (TPSA) is 26.3 Å². The first kappa shape index (κ1) is 17.3. The summed E-state index contributed by atoms with van der Waals surface area (Å²) in [5.41, 5.74) is 0.451. The Hall–Kier alpha value is -1.09. The molecular weight excluding hydrogens is 202 g/mol. The standard InChI is InChI=1S/C7H16N.C6H10O2/c1-5-8(4,6-2)7-3;1-4-8-6(7)5(2)3/h5H,1,6-7H2,2-4H3;2,4H2,1,3H3/q+1;. The lowest BCUT2D eigenvalue weighted by molar-refractivity contribution is -0.855. The Kier molecular flexibility index (Phi) is 9.91. The summed E-state index contributed by atoms with van der Waals surface area (Å²) in [6, 6.07) is 0. The first-order valence-electron chi connectivity index (χ1n) is 5.67. The summed E-state index contributed by atoms with van der Waals surface area (Å²) < 4.78 is 5.54. The Morgan fingerprint density at radius 2 is 1.75 bits per heavy atom. The van der Waals surface area contributed by atoms with Crippen molar-refractivity contribution in [1.82, 2.24) is 0 Å². The van der Waals surface area contributed by atoms with Crippen molar-refractivity contribution in [2.75, 3.05) is 26.7 Å². The van der Waals surface area contributed by atoms with Crippen LogP contribution in [0.1, 0.15) is 27.7 Å². The Morgan fingerprint density at radius 1 is 1.31 bits per heavy atom. The summed E-state index contributed by atoms with van der Waals surface area (Å²) in [7, 11) is 2.17. The van der Waals surface area contributed by atoms with Gasteiger partial charge in [-0.25, -0.2) is 4.79 Å². The predicted octanol–water partition coefficient (Wildman–Crippen LogP) is 2.74. The van der Waals surface area contributed by atoms with E-state index >= 15 is 0 Å². The molecule has 0 aliphatic carbocycles. The van der Waals surface area contributed by atoms with Crippen LogP contribution >= 0.6 is 0 Å². The zero-order chi connectivity index (χ0) is 13.2. The highest BCUT2D eigenvalue weighted by Gasteiger charge is 2.08. The second kappa shape index (κ2) is 9.16. The molecule has 0 rings (SSSR count). The summed E-state index contributed by atoms with van der Waals surface area (Å²) in [6.07, 6.45) is 1.99. The van der Waals surface area contributed by atoms with Gasteiger partial charge in [0.15, 0.2) is 0 Å². The SMILES string of the molecule is C=C(C)C(=O)OCC.C=C[N+](C)(CC)CC. The molecule has 0 saturated heterocycles. The third-order valence-electron chi connectivity index (χ3n) is 2.51. The molecule has 0 aliphatic rings. The fraction of sp³-hybridized carbons (Fsp3) is 0.615. The Balaban J connectivity index is 0. The average molecular weight is 228 g/mol. The van der Waals surface area contributed by atoms with Crippen molar-refractivity contribution < 1.29 is 14.0 Å². The third-order valence-corrected chi connectivity index (χ3v) is 2.51. The Bertz CT molecular complexity index is 230. The van der Waals surface area contributed by atoms with Gasteiger partial charge in [-0.1, -0.05) is 6.58 Å². The van der Waals surface area contributed by atoms with E-state index in [4.69, 9.17) is 0 Å². The summed E-state index contributed by atoms with van der Waals surface area (Å²) in [4.78, 5) is 10.4. The van der Waals surface area contributed by atoms with Crippen LogP contribution in [-0.2, 0) is 9.53 Å². The molecule has 0 heterocycles. The number of carbonyl (C=O) groups excluding carboxylic acids is 1. The van der Waals surface area contributed by atoms with E-state index in [2.05, 4.69) is 38.8 Å². The van der Waals surface area contributed by atoms with Crippen molar-refractivity contribution in [2.45, 2.75) is 27.7 Å². The predicted molar refractivity (Wildman–Crippen MR) is 68.9 cm³/mol. The zero-order valence-corrected chi connectivity index (χ0v) is 11.4. The van der Waals surface area contributed by atoms with Crippen LogP contribution in [-0.4, -0.2) is 37.2 Å². The van der Waals surface area contributed by atoms with Gasteiger partial charge in [0.25, 0.3) is 0 Å². The van der Waals surface area contributed by atoms with Crippen LogP contribution < -0.4 is 0 Å². The molecule has 0 aliphatic heterocycles. The lowest BCUT2D eigenvalue weighted by Crippen LogP contribution is -2.36. The number of esters is 1. The number of carbonyl (C=O) groups is 1. The second-order valence-electron chi connectivity index (χ2n) is 3.80. The summed E-state index contributed by atoms with van der Waals surface area (Å²) in [5, 5.41) is 0. The highest BCUT2D eigenvalue weighted by Crippen LogP contribution is 1.99. The van der Waals surface area contributed by atoms with Crippen LogP contribution in [0.2, 0.25) is 0 Å². The summed E-state index contributed by atoms with van der Waals surface area (Å²) >= 11 is 0. The van der Waals surface area contributed by atoms with Gasteiger partial charge < -0.3 is 9.22 Å². The monoisotopic (exact) mass is 228 g/mol. The van der Waals surface area contributed by atoms with Gasteiger partial charge in [-0.05, 0) is 34.3 Å². The van der Waals surface area contributed by atoms with Crippen molar-refractivity contribution in [1.29, 1.82) is 0 Å². The first-order chi connectivity index (χ1) is 7.36. The minimum atomic E-state index is -0.312. The fourth-order valence-electron chi connectivity index (χ4n) is 0.736. The van der Waals surface area contributed by atoms with Crippen molar-refractivity contribution >= 4 is 5.97 Å². The molecule has 0 N–H and O–H groups in total. The maximum absolute atomic E-state index is 10.4. The smallest absolute Gasteiger partial charge is 0.333 e. The molecule has 0 unspecified atom stereocenters. The van der Waals surface area contributed by atoms with Crippen molar-refractivity contribution in [3.8, 4) is 0 Å². The van der Waals surface area contributed by atoms with Gasteiger partial charge in [-0.2, -0.15) is 0 Å². The van der Waals surface area contributed by atoms with Crippen LogP contribution in [0.4, 0.5) is 0 Å². The van der Waals surface area contributed by atoms with E-state index in [0.717, 1.165) is 17.6 Å². The number of nitrogens with zero attached hydrogens (tertiary/aromatic N) is 1. The van der Waals surface area contributed by atoms with Crippen LogP contribution in [0.5, 0.6) is 0 Å². The normalized spacial score (nSPS) is 9.81. The molecule has 0 fully saturated rings. The number of hydrogen-bond acceptors (Lipinski definition) is 2. The highest BCUT2D eigenvalue weighted by atomic mass is 16.5. The van der Waals surface area contributed by atoms with Gasteiger partial charge >= 0.3 is 5.97 Å². The van der Waals surface area contributed by atoms with Crippen molar-refractivity contribution in [2.24, 2.45) is 0 Å². The van der Waals surface area contributed by atoms with Gasteiger partial charge in [0.05, 0.1) is 32.9 Å². The average Bonchev–Trinajstić information content (AvgIpc) is 2.29. The molecule has 0 bridgehead atoms. The third kappa shape index (κ3) is 8.24. The lowest BCUT2D eigenvalue weighted by Gasteiger charge is -2.26. The molecule has 0 saturated carbocycles. The Morgan fingerprint density at radius 3 is 1.81 bits per heavy atom. The first-order valence-corrected chi connectivity index (χ1v) is 5.67. The van der Waals surface area contributed by atoms with E-state index in [-0.39, 0.29) is 5.97 Å². The molecule has 0 aromatic carbocycles. The number of rotatable bonds is 5. The molecule has 0 aromatic rings. The van der Waals surface area contributed by atoms with Gasteiger partial charge in [-0.3, -0.25) is 0 Å². The van der Waals surface area contributed by atoms with E-state index in [1.165, 1.54) is 0 Å². The zero-order valence-electron chi connectivity index (χ0n) is 11.4.